The van der Waals surface area contributed by atoms with E-state index in [1.54, 1.807) is 0 Å². The van der Waals surface area contributed by atoms with E-state index in [0.717, 1.165) is 0 Å². The summed E-state index contributed by atoms with van der Waals surface area (Å²) in [5, 5.41) is 0. The third-order valence-corrected chi connectivity index (χ3v) is 4.24. The Morgan fingerprint density at radius 3 is 2.90 bits per heavy atom. The fourth-order valence-electron chi connectivity index (χ4n) is 3.27. The SMILES string of the molecule is C=C(C)C(=O)OCC(=O)OC1CC2OC1C1C(=C)OCC21. The molecule has 114 valence electrons. The van der Waals surface area contributed by atoms with Gasteiger partial charge in [-0.1, -0.05) is 13.2 Å². The minimum Gasteiger partial charge on any atom is -0.498 e. The number of ether oxygens (including phenoxy) is 4. The van der Waals surface area contributed by atoms with E-state index in [1.165, 1.54) is 6.92 Å². The van der Waals surface area contributed by atoms with Crippen LogP contribution in [0.4, 0.5) is 0 Å². The van der Waals surface area contributed by atoms with Gasteiger partial charge in [-0.15, -0.1) is 0 Å². The molecule has 6 nitrogen and oxygen atoms in total. The minimum atomic E-state index is -0.603. The van der Waals surface area contributed by atoms with E-state index < -0.39 is 18.5 Å². The molecule has 0 N–H and O–H groups in total. The maximum absolute atomic E-state index is 11.7. The van der Waals surface area contributed by atoms with Gasteiger partial charge in [0.2, 0.25) is 0 Å². The van der Waals surface area contributed by atoms with Crippen LogP contribution in [0.5, 0.6) is 0 Å². The highest BCUT2D eigenvalue weighted by Gasteiger charge is 2.59. The van der Waals surface area contributed by atoms with Crippen molar-refractivity contribution in [3.63, 3.8) is 0 Å². The number of fused-ring (bicyclic) bond motifs is 5. The van der Waals surface area contributed by atoms with Gasteiger partial charge in [0.15, 0.2) is 6.61 Å². The Morgan fingerprint density at radius 1 is 1.43 bits per heavy atom. The summed E-state index contributed by atoms with van der Waals surface area (Å²) in [7, 11) is 0. The van der Waals surface area contributed by atoms with Gasteiger partial charge in [-0.25, -0.2) is 9.59 Å². The molecule has 6 heteroatoms. The Labute approximate surface area is 122 Å². The van der Waals surface area contributed by atoms with Gasteiger partial charge in [-0.05, 0) is 6.92 Å². The van der Waals surface area contributed by atoms with Gasteiger partial charge < -0.3 is 18.9 Å². The first-order valence-corrected chi connectivity index (χ1v) is 6.96. The summed E-state index contributed by atoms with van der Waals surface area (Å²) in [5.74, 6) is -0.0548. The predicted octanol–water partition coefficient (Wildman–Crippen LogP) is 0.965. The van der Waals surface area contributed by atoms with E-state index in [9.17, 15) is 9.59 Å². The zero-order valence-electron chi connectivity index (χ0n) is 11.9. The summed E-state index contributed by atoms with van der Waals surface area (Å²) in [5.41, 5.74) is 0.244. The highest BCUT2D eigenvalue weighted by atomic mass is 16.6. The lowest BCUT2D eigenvalue weighted by Gasteiger charge is -2.26. The van der Waals surface area contributed by atoms with E-state index in [4.69, 9.17) is 18.9 Å². The van der Waals surface area contributed by atoms with Crippen molar-refractivity contribution >= 4 is 11.9 Å². The number of esters is 2. The van der Waals surface area contributed by atoms with Crippen LogP contribution in [-0.2, 0) is 28.5 Å². The maximum Gasteiger partial charge on any atom is 0.344 e. The molecule has 0 aromatic carbocycles. The summed E-state index contributed by atoms with van der Waals surface area (Å²) in [4.78, 5) is 23.0. The lowest BCUT2D eigenvalue weighted by Crippen LogP contribution is -2.38. The largest absolute Gasteiger partial charge is 0.498 e. The number of carbonyl (C=O) groups excluding carboxylic acids is 2. The van der Waals surface area contributed by atoms with Crippen molar-refractivity contribution in [1.82, 2.24) is 0 Å². The van der Waals surface area contributed by atoms with Gasteiger partial charge >= 0.3 is 11.9 Å². The fraction of sp³-hybridized carbons (Fsp3) is 0.600. The van der Waals surface area contributed by atoms with Crippen molar-refractivity contribution in [3.8, 4) is 0 Å². The monoisotopic (exact) mass is 294 g/mol. The van der Waals surface area contributed by atoms with Crippen LogP contribution in [0.1, 0.15) is 13.3 Å². The number of hydrogen-bond acceptors (Lipinski definition) is 6. The molecule has 0 spiro atoms. The first kappa shape index (κ1) is 14.1. The topological polar surface area (TPSA) is 71.1 Å². The average molecular weight is 294 g/mol. The Kier molecular flexibility index (Phi) is 3.49. The van der Waals surface area contributed by atoms with E-state index in [1.807, 2.05) is 0 Å². The molecule has 0 aromatic rings. The lowest BCUT2D eigenvalue weighted by molar-refractivity contribution is -0.163. The van der Waals surface area contributed by atoms with Crippen LogP contribution in [0.2, 0.25) is 0 Å². The molecule has 21 heavy (non-hydrogen) atoms. The third-order valence-electron chi connectivity index (χ3n) is 4.24. The number of hydrogen-bond donors (Lipinski definition) is 0. The molecule has 3 fully saturated rings. The maximum atomic E-state index is 11.7. The molecule has 0 saturated carbocycles. The van der Waals surface area contributed by atoms with E-state index in [-0.39, 0.29) is 29.8 Å². The second kappa shape index (κ2) is 5.18. The summed E-state index contributed by atoms with van der Waals surface area (Å²) in [6.45, 7) is 9.06. The normalized spacial score (nSPS) is 36.0. The molecule has 3 rings (SSSR count). The Hall–Kier alpha value is -1.82. The fourth-order valence-corrected chi connectivity index (χ4v) is 3.27. The molecule has 0 aliphatic carbocycles. The molecular weight excluding hydrogens is 276 g/mol. The predicted molar refractivity (Wildman–Crippen MR) is 71.0 cm³/mol. The summed E-state index contributed by atoms with van der Waals surface area (Å²) in [6.07, 6.45) is 0.180. The standard InChI is InChI=1S/C15H18O6/c1-7(2)15(17)19-6-12(16)20-11-4-10-9-5-18-8(3)13(9)14(11)21-10/h9-11,13-14H,1,3-6H2,2H3. The Bertz CT molecular complexity index is 510. The number of carbonyl (C=O) groups is 2. The van der Waals surface area contributed by atoms with Crippen LogP contribution in [-0.4, -0.2) is 43.5 Å². The Balaban J connectivity index is 1.53. The molecule has 0 aromatic heterocycles. The van der Waals surface area contributed by atoms with Crippen LogP contribution in [0.3, 0.4) is 0 Å². The smallest absolute Gasteiger partial charge is 0.344 e. The number of rotatable bonds is 4. The van der Waals surface area contributed by atoms with Gasteiger partial charge in [0, 0.05) is 17.9 Å². The van der Waals surface area contributed by atoms with E-state index in [2.05, 4.69) is 13.2 Å². The van der Waals surface area contributed by atoms with Crippen molar-refractivity contribution < 1.29 is 28.5 Å². The summed E-state index contributed by atoms with van der Waals surface area (Å²) in [6, 6.07) is 0. The van der Waals surface area contributed by atoms with Crippen molar-refractivity contribution in [2.75, 3.05) is 13.2 Å². The molecule has 3 aliphatic rings. The highest BCUT2D eigenvalue weighted by Crippen LogP contribution is 2.51. The van der Waals surface area contributed by atoms with Crippen molar-refractivity contribution in [2.24, 2.45) is 11.8 Å². The summed E-state index contributed by atoms with van der Waals surface area (Å²) < 4.78 is 21.4. The van der Waals surface area contributed by atoms with Crippen LogP contribution in [0, 0.1) is 11.8 Å². The van der Waals surface area contributed by atoms with Gasteiger partial charge in [0.25, 0.3) is 0 Å². The van der Waals surface area contributed by atoms with Crippen molar-refractivity contribution in [2.45, 2.75) is 31.7 Å². The van der Waals surface area contributed by atoms with E-state index >= 15 is 0 Å². The molecule has 2 bridgehead atoms. The van der Waals surface area contributed by atoms with Gasteiger partial charge in [-0.3, -0.25) is 0 Å². The highest BCUT2D eigenvalue weighted by molar-refractivity contribution is 5.88. The molecule has 5 unspecified atom stereocenters. The Morgan fingerprint density at radius 2 is 2.19 bits per heavy atom. The van der Waals surface area contributed by atoms with Crippen LogP contribution >= 0.6 is 0 Å². The van der Waals surface area contributed by atoms with Crippen LogP contribution in [0.25, 0.3) is 0 Å². The third kappa shape index (κ3) is 2.44. The summed E-state index contributed by atoms with van der Waals surface area (Å²) >= 11 is 0. The molecule has 3 saturated heterocycles. The van der Waals surface area contributed by atoms with E-state index in [0.29, 0.717) is 24.7 Å². The zero-order valence-corrected chi connectivity index (χ0v) is 11.9. The minimum absolute atomic E-state index is 0.0509. The molecule has 3 heterocycles. The van der Waals surface area contributed by atoms with Gasteiger partial charge in [-0.2, -0.15) is 0 Å². The molecule has 5 atom stereocenters. The molecule has 0 amide bonds. The first-order chi connectivity index (χ1) is 9.97. The second-order valence-corrected chi connectivity index (χ2v) is 5.73. The van der Waals surface area contributed by atoms with Crippen LogP contribution < -0.4 is 0 Å². The van der Waals surface area contributed by atoms with Crippen molar-refractivity contribution in [3.05, 3.63) is 24.5 Å². The zero-order chi connectivity index (χ0) is 15.1. The molecular formula is C15H18O6. The quantitative estimate of drug-likeness (QED) is 0.568. The molecule has 3 aliphatic heterocycles. The van der Waals surface area contributed by atoms with Crippen molar-refractivity contribution in [1.29, 1.82) is 0 Å². The van der Waals surface area contributed by atoms with Crippen LogP contribution in [0.15, 0.2) is 24.5 Å². The molecule has 0 radical (unpaired) electrons. The second-order valence-electron chi connectivity index (χ2n) is 5.73. The van der Waals surface area contributed by atoms with Gasteiger partial charge in [0.05, 0.1) is 24.4 Å². The first-order valence-electron chi connectivity index (χ1n) is 6.96. The average Bonchev–Trinajstić information content (AvgIpc) is 3.09. The lowest BCUT2D eigenvalue weighted by atomic mass is 9.79. The van der Waals surface area contributed by atoms with Gasteiger partial charge in [0.1, 0.15) is 12.2 Å².